The molecule has 1 amide bonds. The van der Waals surface area contributed by atoms with Crippen molar-refractivity contribution in [1.82, 2.24) is 20.0 Å². The van der Waals surface area contributed by atoms with Gasteiger partial charge in [0.15, 0.2) is 0 Å². The summed E-state index contributed by atoms with van der Waals surface area (Å²) in [6, 6.07) is 1.38. The summed E-state index contributed by atoms with van der Waals surface area (Å²) in [6.45, 7) is 1.35. The highest BCUT2D eigenvalue weighted by atomic mass is 16.4. The van der Waals surface area contributed by atoms with Crippen LogP contribution in [0.2, 0.25) is 0 Å². The summed E-state index contributed by atoms with van der Waals surface area (Å²) in [4.78, 5) is 25.6. The number of nitrogens with one attached hydrogen (secondary N) is 1. The van der Waals surface area contributed by atoms with E-state index in [2.05, 4.69) is 10.4 Å². The van der Waals surface area contributed by atoms with Gasteiger partial charge in [-0.05, 0) is 38.2 Å². The number of carbonyl (C=O) groups excluding carboxylic acids is 1. The molecule has 1 aromatic heterocycles. The number of likely N-dealkylation sites (tertiary alicyclic amines) is 1. The summed E-state index contributed by atoms with van der Waals surface area (Å²) in [5, 5.41) is 16.4. The number of nitrogens with zero attached hydrogens (tertiary/aromatic N) is 3. The Hall–Kier alpha value is -1.89. The molecule has 0 radical (unpaired) electrons. The van der Waals surface area contributed by atoms with Gasteiger partial charge in [-0.15, -0.1) is 0 Å². The van der Waals surface area contributed by atoms with Crippen molar-refractivity contribution in [3.8, 4) is 0 Å². The van der Waals surface area contributed by atoms with Crippen LogP contribution in [0, 0.1) is 0 Å². The maximum Gasteiger partial charge on any atom is 0.320 e. The zero-order valence-corrected chi connectivity index (χ0v) is 12.5. The first-order chi connectivity index (χ1) is 10.7. The van der Waals surface area contributed by atoms with E-state index in [4.69, 9.17) is 0 Å². The van der Waals surface area contributed by atoms with E-state index in [-0.39, 0.29) is 18.0 Å². The van der Waals surface area contributed by atoms with E-state index < -0.39 is 12.0 Å². The zero-order valence-electron chi connectivity index (χ0n) is 12.5. The molecule has 2 atom stereocenters. The monoisotopic (exact) mass is 306 g/mol. The van der Waals surface area contributed by atoms with Crippen LogP contribution in [0.25, 0.3) is 0 Å². The van der Waals surface area contributed by atoms with Gasteiger partial charge >= 0.3 is 5.97 Å². The van der Waals surface area contributed by atoms with Crippen molar-refractivity contribution in [1.29, 1.82) is 0 Å². The van der Waals surface area contributed by atoms with E-state index in [9.17, 15) is 14.7 Å². The number of aliphatic carboxylic acids is 1. The Bertz CT molecular complexity index is 527. The van der Waals surface area contributed by atoms with Crippen molar-refractivity contribution in [2.75, 3.05) is 6.54 Å². The van der Waals surface area contributed by atoms with Crippen LogP contribution in [0.1, 0.15) is 32.1 Å². The van der Waals surface area contributed by atoms with Crippen molar-refractivity contribution in [2.45, 2.75) is 56.8 Å². The molecule has 2 aliphatic rings. The Balaban J connectivity index is 1.47. The molecule has 2 unspecified atom stereocenters. The molecule has 0 aromatic carbocycles. The summed E-state index contributed by atoms with van der Waals surface area (Å²) in [5.41, 5.74) is 0. The lowest BCUT2D eigenvalue weighted by molar-refractivity contribution is -0.143. The molecule has 2 N–H and O–H groups in total. The van der Waals surface area contributed by atoms with Crippen molar-refractivity contribution in [3.05, 3.63) is 18.5 Å². The van der Waals surface area contributed by atoms with Gasteiger partial charge in [0.1, 0.15) is 6.04 Å². The Labute approximate surface area is 129 Å². The highest BCUT2D eigenvalue weighted by Crippen LogP contribution is 2.37. The largest absolute Gasteiger partial charge is 0.480 e. The van der Waals surface area contributed by atoms with Crippen LogP contribution in [0.5, 0.6) is 0 Å². The van der Waals surface area contributed by atoms with Crippen LogP contribution in [-0.2, 0) is 16.1 Å². The number of aromatic nitrogens is 2. The lowest BCUT2D eigenvalue weighted by Gasteiger charge is -2.27. The number of carboxylic acid groups (broad SMARTS) is 1. The van der Waals surface area contributed by atoms with E-state index in [0.717, 1.165) is 25.8 Å². The number of rotatable bonds is 7. The van der Waals surface area contributed by atoms with Crippen molar-refractivity contribution < 1.29 is 14.7 Å². The van der Waals surface area contributed by atoms with Gasteiger partial charge in [0.25, 0.3) is 0 Å². The number of hydrogen-bond donors (Lipinski definition) is 2. The number of carboxylic acids is 1. The van der Waals surface area contributed by atoms with Gasteiger partial charge in [-0.25, -0.2) is 0 Å². The van der Waals surface area contributed by atoms with Gasteiger partial charge in [0.05, 0.1) is 6.04 Å². The fourth-order valence-corrected chi connectivity index (χ4v) is 3.23. The van der Waals surface area contributed by atoms with Crippen LogP contribution < -0.4 is 5.32 Å². The predicted octanol–water partition coefficient (Wildman–Crippen LogP) is 0.469. The van der Waals surface area contributed by atoms with E-state index in [1.54, 1.807) is 6.20 Å². The maximum atomic E-state index is 12.3. The average molecular weight is 306 g/mol. The minimum Gasteiger partial charge on any atom is -0.480 e. The number of carbonyl (C=O) groups is 2. The van der Waals surface area contributed by atoms with Gasteiger partial charge in [-0.3, -0.25) is 19.2 Å². The number of amides is 1. The summed E-state index contributed by atoms with van der Waals surface area (Å²) >= 11 is 0. The van der Waals surface area contributed by atoms with Crippen molar-refractivity contribution in [2.24, 2.45) is 0 Å². The second kappa shape index (κ2) is 6.48. The van der Waals surface area contributed by atoms with Gasteiger partial charge in [-0.2, -0.15) is 5.10 Å². The quantitative estimate of drug-likeness (QED) is 0.715. The molecule has 2 fully saturated rings. The smallest absolute Gasteiger partial charge is 0.320 e. The third-order valence-corrected chi connectivity index (χ3v) is 4.41. The predicted molar refractivity (Wildman–Crippen MR) is 79.2 cm³/mol. The number of aryl methyl sites for hydroxylation is 1. The molecule has 1 aliphatic carbocycles. The Kier molecular flexibility index (Phi) is 4.42. The fourth-order valence-electron chi connectivity index (χ4n) is 3.23. The van der Waals surface area contributed by atoms with Crippen LogP contribution in [0.15, 0.2) is 18.5 Å². The molecule has 7 heteroatoms. The zero-order chi connectivity index (χ0) is 15.5. The lowest BCUT2D eigenvalue weighted by Crippen LogP contribution is -2.49. The first kappa shape index (κ1) is 15.0. The number of hydrogen-bond acceptors (Lipinski definition) is 4. The third-order valence-electron chi connectivity index (χ3n) is 4.41. The van der Waals surface area contributed by atoms with Crippen molar-refractivity contribution in [3.63, 3.8) is 0 Å². The molecule has 3 rings (SSSR count). The third kappa shape index (κ3) is 3.30. The molecular formula is C15H22N4O3. The van der Waals surface area contributed by atoms with E-state index >= 15 is 0 Å². The SMILES string of the molecule is O=C(O)C1CCC(C(=O)NCCCn2cccn2)N1C1CC1. The van der Waals surface area contributed by atoms with Crippen LogP contribution >= 0.6 is 0 Å². The normalized spacial score (nSPS) is 25.3. The average Bonchev–Trinajstić information content (AvgIpc) is 3.03. The first-order valence-corrected chi connectivity index (χ1v) is 7.92. The summed E-state index contributed by atoms with van der Waals surface area (Å²) in [7, 11) is 0. The molecule has 0 spiro atoms. The van der Waals surface area contributed by atoms with Gasteiger partial charge in [-0.1, -0.05) is 0 Å². The topological polar surface area (TPSA) is 87.5 Å². The van der Waals surface area contributed by atoms with Gasteiger partial charge < -0.3 is 10.4 Å². The second-order valence-electron chi connectivity index (χ2n) is 6.04. The van der Waals surface area contributed by atoms with Crippen LogP contribution in [0.3, 0.4) is 0 Å². The highest BCUT2D eigenvalue weighted by Gasteiger charge is 2.48. The first-order valence-electron chi connectivity index (χ1n) is 7.92. The maximum absolute atomic E-state index is 12.3. The fraction of sp³-hybridized carbons (Fsp3) is 0.667. The molecule has 1 saturated heterocycles. The lowest BCUT2D eigenvalue weighted by atomic mass is 10.2. The highest BCUT2D eigenvalue weighted by molar-refractivity contribution is 5.84. The Morgan fingerprint density at radius 3 is 2.64 bits per heavy atom. The van der Waals surface area contributed by atoms with Gasteiger partial charge in [0, 0.05) is 31.5 Å². The van der Waals surface area contributed by atoms with E-state index in [0.29, 0.717) is 19.4 Å². The minimum absolute atomic E-state index is 0.0314. The Morgan fingerprint density at radius 2 is 2.00 bits per heavy atom. The van der Waals surface area contributed by atoms with Crippen molar-refractivity contribution >= 4 is 11.9 Å². The minimum atomic E-state index is -0.805. The summed E-state index contributed by atoms with van der Waals surface area (Å²) in [6.07, 6.45) is 7.66. The molecule has 1 aliphatic heterocycles. The molecule has 120 valence electrons. The molecule has 7 nitrogen and oxygen atoms in total. The molecule has 1 saturated carbocycles. The van der Waals surface area contributed by atoms with E-state index in [1.165, 1.54) is 0 Å². The summed E-state index contributed by atoms with van der Waals surface area (Å²) < 4.78 is 1.83. The standard InChI is InChI=1S/C15H22N4O3/c20-14(16-7-1-9-18-10-2-8-17-18)12-5-6-13(15(21)22)19(12)11-3-4-11/h2,8,10-13H,1,3-7,9H2,(H,16,20)(H,21,22). The van der Waals surface area contributed by atoms with Crippen LogP contribution in [0.4, 0.5) is 0 Å². The van der Waals surface area contributed by atoms with Crippen LogP contribution in [-0.4, -0.2) is 56.3 Å². The van der Waals surface area contributed by atoms with Gasteiger partial charge in [0.2, 0.25) is 5.91 Å². The molecule has 0 bridgehead atoms. The van der Waals surface area contributed by atoms with E-state index in [1.807, 2.05) is 21.8 Å². The molecule has 22 heavy (non-hydrogen) atoms. The molecule has 2 heterocycles. The summed E-state index contributed by atoms with van der Waals surface area (Å²) in [5.74, 6) is -0.836. The second-order valence-corrected chi connectivity index (χ2v) is 6.04. The molecular weight excluding hydrogens is 284 g/mol. The molecule has 1 aromatic rings. The Morgan fingerprint density at radius 1 is 1.23 bits per heavy atom.